The number of ether oxygens (including phenoxy) is 1. The molecule has 0 unspecified atom stereocenters. The monoisotopic (exact) mass is 367 g/mol. The Kier molecular flexibility index (Phi) is 7.61. The van der Waals surface area contributed by atoms with E-state index in [4.69, 9.17) is 4.74 Å². The van der Waals surface area contributed by atoms with E-state index < -0.39 is 0 Å². The van der Waals surface area contributed by atoms with E-state index in [1.165, 1.54) is 18.1 Å². The smallest absolute Gasteiger partial charge is 0.308 e. The highest BCUT2D eigenvalue weighted by atomic mass is 16.5. The minimum absolute atomic E-state index is 0.181. The van der Waals surface area contributed by atoms with Crippen LogP contribution >= 0.6 is 0 Å². The number of esters is 1. The standard InChI is InChI=1S/C24H33NO2/c1-17(2)25(18(3)4)15-14-22(21-10-8-7-9-11-21)23-16-19(5)12-13-24(23)27-20(6)26/h7-13,16-18,22H,14-15H2,1-6H3/t22-/m1/s1. The molecule has 0 amide bonds. The van der Waals surface area contributed by atoms with Gasteiger partial charge in [0.05, 0.1) is 0 Å². The van der Waals surface area contributed by atoms with Crippen molar-refractivity contribution in [1.82, 2.24) is 4.90 Å². The van der Waals surface area contributed by atoms with Crippen LogP contribution in [-0.4, -0.2) is 29.5 Å². The molecule has 3 nitrogen and oxygen atoms in total. The predicted octanol–water partition coefficient (Wildman–Crippen LogP) is 5.56. The minimum Gasteiger partial charge on any atom is -0.426 e. The van der Waals surface area contributed by atoms with Crippen LogP contribution in [0.15, 0.2) is 48.5 Å². The summed E-state index contributed by atoms with van der Waals surface area (Å²) in [6, 6.07) is 17.6. The number of carbonyl (C=O) groups excluding carboxylic acids is 1. The van der Waals surface area contributed by atoms with Gasteiger partial charge >= 0.3 is 5.97 Å². The first-order chi connectivity index (χ1) is 12.8. The fourth-order valence-electron chi connectivity index (χ4n) is 3.77. The molecule has 0 bridgehead atoms. The van der Waals surface area contributed by atoms with Crippen molar-refractivity contribution in [3.05, 3.63) is 65.2 Å². The summed E-state index contributed by atoms with van der Waals surface area (Å²) in [5, 5.41) is 0. The van der Waals surface area contributed by atoms with Gasteiger partial charge in [-0.3, -0.25) is 9.69 Å². The zero-order chi connectivity index (χ0) is 20.0. The number of hydrogen-bond acceptors (Lipinski definition) is 3. The maximum atomic E-state index is 11.6. The molecule has 2 aromatic carbocycles. The third-order valence-electron chi connectivity index (χ3n) is 5.00. The summed E-state index contributed by atoms with van der Waals surface area (Å²) in [6.07, 6.45) is 0.970. The van der Waals surface area contributed by atoms with Crippen LogP contribution in [-0.2, 0) is 4.79 Å². The largest absolute Gasteiger partial charge is 0.426 e. The lowest BCUT2D eigenvalue weighted by Gasteiger charge is -2.32. The second-order valence-electron chi connectivity index (χ2n) is 7.81. The Bertz CT molecular complexity index is 729. The molecule has 0 aliphatic carbocycles. The third-order valence-corrected chi connectivity index (χ3v) is 5.00. The highest BCUT2D eigenvalue weighted by Gasteiger charge is 2.22. The molecule has 0 aromatic heterocycles. The van der Waals surface area contributed by atoms with Crippen LogP contribution < -0.4 is 4.74 Å². The van der Waals surface area contributed by atoms with E-state index in [0.717, 1.165) is 18.5 Å². The van der Waals surface area contributed by atoms with Crippen LogP contribution in [0, 0.1) is 6.92 Å². The topological polar surface area (TPSA) is 29.5 Å². The van der Waals surface area contributed by atoms with E-state index in [2.05, 4.69) is 69.9 Å². The maximum absolute atomic E-state index is 11.6. The van der Waals surface area contributed by atoms with Crippen LogP contribution in [0.2, 0.25) is 0 Å². The Balaban J connectivity index is 2.42. The van der Waals surface area contributed by atoms with E-state index in [9.17, 15) is 4.79 Å². The van der Waals surface area contributed by atoms with Gasteiger partial charge in [-0.05, 0) is 59.2 Å². The Morgan fingerprint density at radius 2 is 1.63 bits per heavy atom. The van der Waals surface area contributed by atoms with Crippen LogP contribution in [0.25, 0.3) is 0 Å². The van der Waals surface area contributed by atoms with Gasteiger partial charge in [0.1, 0.15) is 5.75 Å². The predicted molar refractivity (Wildman–Crippen MR) is 112 cm³/mol. The Morgan fingerprint density at radius 3 is 2.19 bits per heavy atom. The first-order valence-electron chi connectivity index (χ1n) is 9.89. The van der Waals surface area contributed by atoms with E-state index >= 15 is 0 Å². The summed E-state index contributed by atoms with van der Waals surface area (Å²) in [5.74, 6) is 0.570. The van der Waals surface area contributed by atoms with Crippen molar-refractivity contribution in [3.8, 4) is 5.75 Å². The quantitative estimate of drug-likeness (QED) is 0.452. The third kappa shape index (κ3) is 5.93. The average Bonchev–Trinajstić information content (AvgIpc) is 2.60. The molecule has 2 aromatic rings. The van der Waals surface area contributed by atoms with Crippen molar-refractivity contribution in [2.75, 3.05) is 6.54 Å². The Morgan fingerprint density at radius 1 is 1.00 bits per heavy atom. The molecule has 2 rings (SSSR count). The van der Waals surface area contributed by atoms with Gasteiger partial charge in [-0.1, -0.05) is 48.0 Å². The number of benzene rings is 2. The van der Waals surface area contributed by atoms with Gasteiger partial charge in [0.15, 0.2) is 0 Å². The molecule has 27 heavy (non-hydrogen) atoms. The molecule has 3 heteroatoms. The normalized spacial score (nSPS) is 12.6. The van der Waals surface area contributed by atoms with Crippen LogP contribution in [0.1, 0.15) is 63.6 Å². The molecule has 0 spiro atoms. The lowest BCUT2D eigenvalue weighted by Crippen LogP contribution is -2.38. The zero-order valence-electron chi connectivity index (χ0n) is 17.5. The van der Waals surface area contributed by atoms with E-state index in [-0.39, 0.29) is 11.9 Å². The summed E-state index contributed by atoms with van der Waals surface area (Å²) in [4.78, 5) is 14.1. The van der Waals surface area contributed by atoms with Gasteiger partial charge in [-0.25, -0.2) is 0 Å². The summed E-state index contributed by atoms with van der Waals surface area (Å²) >= 11 is 0. The first kappa shape index (κ1) is 21.2. The van der Waals surface area contributed by atoms with Crippen molar-refractivity contribution in [3.63, 3.8) is 0 Å². The lowest BCUT2D eigenvalue weighted by molar-refractivity contribution is -0.131. The molecule has 0 saturated heterocycles. The number of carbonyl (C=O) groups is 1. The Hall–Kier alpha value is -2.13. The van der Waals surface area contributed by atoms with Gasteiger partial charge in [-0.15, -0.1) is 0 Å². The second-order valence-corrected chi connectivity index (χ2v) is 7.81. The Labute approximate surface area is 164 Å². The first-order valence-corrected chi connectivity index (χ1v) is 9.89. The molecule has 1 atom stereocenters. The van der Waals surface area contributed by atoms with Gasteiger partial charge in [0, 0.05) is 30.5 Å². The molecule has 146 valence electrons. The SMILES string of the molecule is CC(=O)Oc1ccc(C)cc1[C@H](CCN(C(C)C)C(C)C)c1ccccc1. The van der Waals surface area contributed by atoms with Gasteiger partial charge in [-0.2, -0.15) is 0 Å². The minimum atomic E-state index is -0.280. The van der Waals surface area contributed by atoms with Crippen LogP contribution in [0.5, 0.6) is 5.75 Å². The lowest BCUT2D eigenvalue weighted by atomic mass is 9.86. The van der Waals surface area contributed by atoms with E-state index in [1.54, 1.807) is 0 Å². The molecule has 0 aliphatic rings. The maximum Gasteiger partial charge on any atom is 0.308 e. The van der Waals surface area contributed by atoms with E-state index in [1.807, 2.05) is 18.2 Å². The summed E-state index contributed by atoms with van der Waals surface area (Å²) in [6.45, 7) is 13.5. The highest BCUT2D eigenvalue weighted by Crippen LogP contribution is 2.35. The molecule has 0 N–H and O–H groups in total. The molecule has 0 aliphatic heterocycles. The molecule has 0 fully saturated rings. The second kappa shape index (κ2) is 9.70. The van der Waals surface area contributed by atoms with Crippen molar-refractivity contribution in [2.45, 2.75) is 66.0 Å². The van der Waals surface area contributed by atoms with Gasteiger partial charge < -0.3 is 4.74 Å². The summed E-state index contributed by atoms with van der Waals surface area (Å²) in [7, 11) is 0. The molecule has 0 heterocycles. The molecular formula is C24H33NO2. The average molecular weight is 368 g/mol. The zero-order valence-corrected chi connectivity index (χ0v) is 17.5. The number of rotatable bonds is 8. The highest BCUT2D eigenvalue weighted by molar-refractivity contribution is 5.70. The van der Waals surface area contributed by atoms with Gasteiger partial charge in [0.25, 0.3) is 0 Å². The molecular weight excluding hydrogens is 334 g/mol. The van der Waals surface area contributed by atoms with Crippen LogP contribution in [0.3, 0.4) is 0 Å². The number of nitrogens with zero attached hydrogens (tertiary/aromatic N) is 1. The number of aryl methyl sites for hydroxylation is 1. The van der Waals surface area contributed by atoms with Gasteiger partial charge in [0.2, 0.25) is 0 Å². The van der Waals surface area contributed by atoms with E-state index in [0.29, 0.717) is 17.8 Å². The fraction of sp³-hybridized carbons (Fsp3) is 0.458. The van der Waals surface area contributed by atoms with Crippen molar-refractivity contribution in [1.29, 1.82) is 0 Å². The van der Waals surface area contributed by atoms with Crippen molar-refractivity contribution < 1.29 is 9.53 Å². The number of hydrogen-bond donors (Lipinski definition) is 0. The fourth-order valence-corrected chi connectivity index (χ4v) is 3.77. The summed E-state index contributed by atoms with van der Waals surface area (Å²) < 4.78 is 5.55. The summed E-state index contributed by atoms with van der Waals surface area (Å²) in [5.41, 5.74) is 3.51. The van der Waals surface area contributed by atoms with Crippen molar-refractivity contribution >= 4 is 5.97 Å². The van der Waals surface area contributed by atoms with Crippen LogP contribution in [0.4, 0.5) is 0 Å². The molecule has 0 saturated carbocycles. The van der Waals surface area contributed by atoms with Crippen molar-refractivity contribution in [2.24, 2.45) is 0 Å². The molecule has 0 radical (unpaired) electrons.